The standard InChI is InChI=1S/C15H16O2/c16-10-13-12-8-4-5-9-14(12)17-15(13)11-6-2-1-3-7-11/h4-5,8-11H,1-3,6-7H2. The quantitative estimate of drug-likeness (QED) is 0.717. The molecule has 1 aromatic carbocycles. The van der Waals surface area contributed by atoms with Crippen molar-refractivity contribution in [3.63, 3.8) is 0 Å². The van der Waals surface area contributed by atoms with E-state index < -0.39 is 0 Å². The minimum absolute atomic E-state index is 0.441. The van der Waals surface area contributed by atoms with Crippen LogP contribution in [-0.4, -0.2) is 6.29 Å². The van der Waals surface area contributed by atoms with Crippen LogP contribution in [0.1, 0.15) is 54.1 Å². The van der Waals surface area contributed by atoms with Gasteiger partial charge in [-0.3, -0.25) is 4.79 Å². The molecular weight excluding hydrogens is 212 g/mol. The molecule has 0 N–H and O–H groups in total. The Bertz CT molecular complexity index is 533. The normalized spacial score (nSPS) is 17.4. The Balaban J connectivity index is 2.11. The van der Waals surface area contributed by atoms with Crippen LogP contribution in [0.2, 0.25) is 0 Å². The number of hydrogen-bond donors (Lipinski definition) is 0. The molecule has 1 aliphatic carbocycles. The average Bonchev–Trinajstić information content (AvgIpc) is 2.78. The monoisotopic (exact) mass is 228 g/mol. The SMILES string of the molecule is O=Cc1c(C2CCCCC2)oc2ccccc12. The Kier molecular flexibility index (Phi) is 2.71. The molecule has 0 amide bonds. The predicted octanol–water partition coefficient (Wildman–Crippen LogP) is 4.29. The highest BCUT2D eigenvalue weighted by Crippen LogP contribution is 2.38. The molecule has 88 valence electrons. The molecule has 0 radical (unpaired) electrons. The number of carbonyl (C=O) groups excluding carboxylic acids is 1. The van der Waals surface area contributed by atoms with Crippen molar-refractivity contribution >= 4 is 17.3 Å². The van der Waals surface area contributed by atoms with Gasteiger partial charge in [-0.25, -0.2) is 0 Å². The fraction of sp³-hybridized carbons (Fsp3) is 0.400. The maximum absolute atomic E-state index is 11.3. The first-order valence-corrected chi connectivity index (χ1v) is 6.37. The highest BCUT2D eigenvalue weighted by molar-refractivity contribution is 5.97. The lowest BCUT2D eigenvalue weighted by molar-refractivity contribution is 0.112. The Hall–Kier alpha value is -1.57. The lowest BCUT2D eigenvalue weighted by atomic mass is 9.86. The summed E-state index contributed by atoms with van der Waals surface area (Å²) in [5.74, 6) is 1.36. The lowest BCUT2D eigenvalue weighted by Gasteiger charge is -2.19. The zero-order valence-electron chi connectivity index (χ0n) is 9.82. The van der Waals surface area contributed by atoms with E-state index in [1.165, 1.54) is 19.3 Å². The van der Waals surface area contributed by atoms with Crippen molar-refractivity contribution in [1.29, 1.82) is 0 Å². The summed E-state index contributed by atoms with van der Waals surface area (Å²) >= 11 is 0. The van der Waals surface area contributed by atoms with E-state index in [-0.39, 0.29) is 0 Å². The molecule has 1 aliphatic rings. The van der Waals surface area contributed by atoms with Crippen LogP contribution < -0.4 is 0 Å². The van der Waals surface area contributed by atoms with Gasteiger partial charge in [0.15, 0.2) is 6.29 Å². The van der Waals surface area contributed by atoms with Crippen LogP contribution in [0.25, 0.3) is 11.0 Å². The minimum atomic E-state index is 0.441. The average molecular weight is 228 g/mol. The first-order valence-electron chi connectivity index (χ1n) is 6.37. The molecule has 2 aromatic rings. The molecule has 0 bridgehead atoms. The lowest BCUT2D eigenvalue weighted by Crippen LogP contribution is -2.05. The van der Waals surface area contributed by atoms with Crippen molar-refractivity contribution in [2.75, 3.05) is 0 Å². The van der Waals surface area contributed by atoms with Gasteiger partial charge >= 0.3 is 0 Å². The van der Waals surface area contributed by atoms with Gasteiger partial charge in [0.25, 0.3) is 0 Å². The third-order valence-electron chi connectivity index (χ3n) is 3.76. The smallest absolute Gasteiger partial charge is 0.154 e. The highest BCUT2D eigenvalue weighted by atomic mass is 16.3. The van der Waals surface area contributed by atoms with Crippen molar-refractivity contribution in [2.45, 2.75) is 38.0 Å². The molecule has 1 fully saturated rings. The fourth-order valence-corrected chi connectivity index (χ4v) is 2.87. The fourth-order valence-electron chi connectivity index (χ4n) is 2.87. The van der Waals surface area contributed by atoms with Crippen molar-refractivity contribution in [1.82, 2.24) is 0 Å². The molecule has 0 aliphatic heterocycles. The molecule has 1 aromatic heterocycles. The number of aldehydes is 1. The maximum Gasteiger partial charge on any atom is 0.154 e. The third-order valence-corrected chi connectivity index (χ3v) is 3.76. The molecule has 2 heteroatoms. The summed E-state index contributed by atoms with van der Waals surface area (Å²) in [4.78, 5) is 11.3. The number of rotatable bonds is 2. The summed E-state index contributed by atoms with van der Waals surface area (Å²) in [5, 5.41) is 0.961. The Morgan fingerprint density at radius 3 is 2.65 bits per heavy atom. The summed E-state index contributed by atoms with van der Waals surface area (Å²) in [5.41, 5.74) is 1.61. The van der Waals surface area contributed by atoms with Gasteiger partial charge in [0.2, 0.25) is 0 Å². The van der Waals surface area contributed by atoms with Crippen LogP contribution in [0.5, 0.6) is 0 Å². The zero-order valence-corrected chi connectivity index (χ0v) is 9.82. The van der Waals surface area contributed by atoms with Gasteiger partial charge in [-0.2, -0.15) is 0 Å². The second-order valence-corrected chi connectivity index (χ2v) is 4.83. The minimum Gasteiger partial charge on any atom is -0.460 e. The van der Waals surface area contributed by atoms with E-state index in [1.54, 1.807) is 0 Å². The summed E-state index contributed by atoms with van der Waals surface area (Å²) in [6.07, 6.45) is 7.07. The molecule has 0 unspecified atom stereocenters. The van der Waals surface area contributed by atoms with Crippen molar-refractivity contribution in [2.24, 2.45) is 0 Å². The number of benzene rings is 1. The van der Waals surface area contributed by atoms with Gasteiger partial charge in [0.1, 0.15) is 11.3 Å². The number of para-hydroxylation sites is 1. The molecule has 0 atom stereocenters. The van der Waals surface area contributed by atoms with Crippen LogP contribution in [0.4, 0.5) is 0 Å². The summed E-state index contributed by atoms with van der Waals surface area (Å²) < 4.78 is 5.90. The van der Waals surface area contributed by atoms with Crippen molar-refractivity contribution in [3.8, 4) is 0 Å². The summed E-state index contributed by atoms with van der Waals surface area (Å²) in [6, 6.07) is 7.81. The molecular formula is C15H16O2. The number of fused-ring (bicyclic) bond motifs is 1. The summed E-state index contributed by atoms with van der Waals surface area (Å²) in [7, 11) is 0. The number of carbonyl (C=O) groups is 1. The molecule has 3 rings (SSSR count). The molecule has 1 saturated carbocycles. The predicted molar refractivity (Wildman–Crippen MR) is 67.4 cm³/mol. The van der Waals surface area contributed by atoms with Gasteiger partial charge in [-0.1, -0.05) is 37.5 Å². The zero-order chi connectivity index (χ0) is 11.7. The van der Waals surface area contributed by atoms with Crippen LogP contribution in [-0.2, 0) is 0 Å². The third kappa shape index (κ3) is 1.78. The van der Waals surface area contributed by atoms with E-state index in [9.17, 15) is 4.79 Å². The van der Waals surface area contributed by atoms with Crippen LogP contribution in [0, 0.1) is 0 Å². The Morgan fingerprint density at radius 2 is 1.88 bits per heavy atom. The summed E-state index contributed by atoms with van der Waals surface area (Å²) in [6.45, 7) is 0. The largest absolute Gasteiger partial charge is 0.460 e. The van der Waals surface area contributed by atoms with Gasteiger partial charge in [0.05, 0.1) is 5.56 Å². The van der Waals surface area contributed by atoms with E-state index in [0.29, 0.717) is 5.92 Å². The molecule has 1 heterocycles. The highest BCUT2D eigenvalue weighted by Gasteiger charge is 2.23. The van der Waals surface area contributed by atoms with Crippen LogP contribution >= 0.6 is 0 Å². The Labute approximate surface area is 101 Å². The van der Waals surface area contributed by atoms with Crippen LogP contribution in [0.3, 0.4) is 0 Å². The van der Waals surface area contributed by atoms with E-state index in [2.05, 4.69) is 0 Å². The van der Waals surface area contributed by atoms with E-state index in [0.717, 1.165) is 41.4 Å². The number of hydrogen-bond acceptors (Lipinski definition) is 2. The molecule has 17 heavy (non-hydrogen) atoms. The Morgan fingerprint density at radius 1 is 1.12 bits per heavy atom. The first kappa shape index (κ1) is 10.6. The molecule has 0 spiro atoms. The second-order valence-electron chi connectivity index (χ2n) is 4.83. The second kappa shape index (κ2) is 4.36. The van der Waals surface area contributed by atoms with E-state index in [4.69, 9.17) is 4.42 Å². The van der Waals surface area contributed by atoms with E-state index >= 15 is 0 Å². The molecule has 2 nitrogen and oxygen atoms in total. The maximum atomic E-state index is 11.3. The molecule has 0 saturated heterocycles. The van der Waals surface area contributed by atoms with E-state index in [1.807, 2.05) is 24.3 Å². The van der Waals surface area contributed by atoms with Crippen LogP contribution in [0.15, 0.2) is 28.7 Å². The van der Waals surface area contributed by atoms with Crippen molar-refractivity contribution in [3.05, 3.63) is 35.6 Å². The van der Waals surface area contributed by atoms with Gasteiger partial charge in [-0.15, -0.1) is 0 Å². The van der Waals surface area contributed by atoms with Gasteiger partial charge in [-0.05, 0) is 18.9 Å². The topological polar surface area (TPSA) is 30.2 Å². The first-order chi connectivity index (χ1) is 8.40. The number of furan rings is 1. The van der Waals surface area contributed by atoms with Gasteiger partial charge < -0.3 is 4.42 Å². The van der Waals surface area contributed by atoms with Crippen molar-refractivity contribution < 1.29 is 9.21 Å². The van der Waals surface area contributed by atoms with Gasteiger partial charge in [0, 0.05) is 11.3 Å².